The van der Waals surface area contributed by atoms with Gasteiger partial charge in [0.2, 0.25) is 0 Å². The van der Waals surface area contributed by atoms with Gasteiger partial charge in [-0.05, 0) is 56.3 Å². The molecule has 0 saturated carbocycles. The molecular weight excluding hydrogens is 353 g/mol. The van der Waals surface area contributed by atoms with Crippen molar-refractivity contribution in [1.82, 2.24) is 0 Å². The van der Waals surface area contributed by atoms with Gasteiger partial charge in [0.1, 0.15) is 5.75 Å². The second-order valence-electron chi connectivity index (χ2n) is 5.52. The van der Waals surface area contributed by atoms with E-state index in [9.17, 15) is 9.59 Å². The van der Waals surface area contributed by atoms with Crippen molar-refractivity contribution in [1.29, 1.82) is 0 Å². The Balaban J connectivity index is 2.17. The van der Waals surface area contributed by atoms with Crippen molar-refractivity contribution in [3.8, 4) is 5.75 Å². The highest BCUT2D eigenvalue weighted by Crippen LogP contribution is 2.26. The van der Waals surface area contributed by atoms with Gasteiger partial charge < -0.3 is 15.2 Å². The quantitative estimate of drug-likeness (QED) is 0.816. The van der Waals surface area contributed by atoms with Crippen LogP contribution in [0.25, 0.3) is 0 Å². The van der Waals surface area contributed by atoms with Gasteiger partial charge in [-0.2, -0.15) is 0 Å². The van der Waals surface area contributed by atoms with E-state index in [1.54, 1.807) is 38.1 Å². The first kappa shape index (κ1) is 18.1. The third kappa shape index (κ3) is 4.40. The van der Waals surface area contributed by atoms with Gasteiger partial charge in [-0.25, -0.2) is 4.79 Å². The Morgan fingerprint density at radius 1 is 1.08 bits per heavy atom. The van der Waals surface area contributed by atoms with Crippen molar-refractivity contribution in [2.45, 2.75) is 19.4 Å². The summed E-state index contributed by atoms with van der Waals surface area (Å²) in [5, 5.41) is 12.4. The zero-order valence-corrected chi connectivity index (χ0v) is 14.5. The van der Waals surface area contributed by atoms with E-state index in [1.165, 1.54) is 18.2 Å². The van der Waals surface area contributed by atoms with Crippen molar-refractivity contribution in [2.75, 3.05) is 5.32 Å². The van der Waals surface area contributed by atoms with Crippen LogP contribution in [0, 0.1) is 0 Å². The zero-order chi connectivity index (χ0) is 17.9. The molecule has 1 amide bonds. The number of nitrogens with one attached hydrogen (secondary N) is 1. The predicted octanol–water partition coefficient (Wildman–Crippen LogP) is 4.49. The first-order valence-corrected chi connectivity index (χ1v) is 7.73. The van der Waals surface area contributed by atoms with Crippen molar-refractivity contribution in [3.05, 3.63) is 58.1 Å². The van der Waals surface area contributed by atoms with Crippen LogP contribution in [0.1, 0.15) is 24.2 Å². The Bertz CT molecular complexity index is 773. The molecule has 0 aliphatic rings. The molecule has 126 valence electrons. The van der Waals surface area contributed by atoms with E-state index in [0.29, 0.717) is 10.8 Å². The number of carboxylic acids is 1. The van der Waals surface area contributed by atoms with Gasteiger partial charge in [-0.3, -0.25) is 4.79 Å². The summed E-state index contributed by atoms with van der Waals surface area (Å²) in [6.45, 7) is 3.18. The number of halogens is 2. The zero-order valence-electron chi connectivity index (χ0n) is 13.0. The lowest BCUT2D eigenvalue weighted by Crippen LogP contribution is -2.42. The number of aromatic carboxylic acids is 1. The van der Waals surface area contributed by atoms with Crippen molar-refractivity contribution in [2.24, 2.45) is 0 Å². The van der Waals surface area contributed by atoms with Gasteiger partial charge in [0.15, 0.2) is 5.60 Å². The van der Waals surface area contributed by atoms with Crippen LogP contribution in [-0.4, -0.2) is 22.6 Å². The van der Waals surface area contributed by atoms with E-state index < -0.39 is 17.5 Å². The highest BCUT2D eigenvalue weighted by atomic mass is 35.5. The summed E-state index contributed by atoms with van der Waals surface area (Å²) in [5.41, 5.74) is -0.989. The Labute approximate surface area is 149 Å². The van der Waals surface area contributed by atoms with Crippen molar-refractivity contribution >= 4 is 40.8 Å². The summed E-state index contributed by atoms with van der Waals surface area (Å²) in [6.07, 6.45) is 0. The van der Waals surface area contributed by atoms with E-state index in [2.05, 4.69) is 5.32 Å². The molecule has 24 heavy (non-hydrogen) atoms. The smallest absolute Gasteiger partial charge is 0.335 e. The summed E-state index contributed by atoms with van der Waals surface area (Å²) < 4.78 is 5.68. The largest absolute Gasteiger partial charge is 0.478 e. The minimum Gasteiger partial charge on any atom is -0.478 e. The third-order valence-electron chi connectivity index (χ3n) is 3.19. The first-order chi connectivity index (χ1) is 11.2. The summed E-state index contributed by atoms with van der Waals surface area (Å²) in [6, 6.07) is 10.7. The van der Waals surface area contributed by atoms with Crippen molar-refractivity contribution < 1.29 is 19.4 Å². The molecule has 7 heteroatoms. The summed E-state index contributed by atoms with van der Waals surface area (Å²) in [4.78, 5) is 23.5. The highest BCUT2D eigenvalue weighted by Gasteiger charge is 2.30. The molecule has 0 aromatic heterocycles. The Morgan fingerprint density at radius 3 is 2.29 bits per heavy atom. The number of anilines is 1. The predicted molar refractivity (Wildman–Crippen MR) is 93.2 cm³/mol. The molecule has 0 atom stereocenters. The Hall–Kier alpha value is -2.24. The average molecular weight is 368 g/mol. The fourth-order valence-corrected chi connectivity index (χ4v) is 2.16. The molecule has 0 unspecified atom stereocenters. The van der Waals surface area contributed by atoms with E-state index >= 15 is 0 Å². The van der Waals surface area contributed by atoms with Crippen LogP contribution in [0.2, 0.25) is 10.0 Å². The summed E-state index contributed by atoms with van der Waals surface area (Å²) in [5.74, 6) is -1.11. The maximum Gasteiger partial charge on any atom is 0.335 e. The highest BCUT2D eigenvalue weighted by molar-refractivity contribution is 6.34. The fourth-order valence-electron chi connectivity index (χ4n) is 1.87. The number of ether oxygens (including phenoxy) is 1. The van der Waals surface area contributed by atoms with Gasteiger partial charge >= 0.3 is 5.97 Å². The molecule has 0 saturated heterocycles. The molecular formula is C17H15Cl2NO4. The molecule has 2 rings (SSSR count). The third-order valence-corrected chi connectivity index (χ3v) is 3.78. The maximum absolute atomic E-state index is 12.5. The fraction of sp³-hybridized carbons (Fsp3) is 0.176. The number of amides is 1. The van der Waals surface area contributed by atoms with Crippen molar-refractivity contribution in [3.63, 3.8) is 0 Å². The number of hydrogen-bond donors (Lipinski definition) is 2. The molecule has 0 fully saturated rings. The lowest BCUT2D eigenvalue weighted by Gasteiger charge is -2.25. The Morgan fingerprint density at radius 2 is 1.71 bits per heavy atom. The van der Waals surface area contributed by atoms with Crippen LogP contribution in [0.15, 0.2) is 42.5 Å². The minimum absolute atomic E-state index is 0.0196. The topological polar surface area (TPSA) is 75.6 Å². The number of carbonyl (C=O) groups is 2. The van der Waals surface area contributed by atoms with Crippen LogP contribution in [-0.2, 0) is 4.79 Å². The summed E-state index contributed by atoms with van der Waals surface area (Å²) >= 11 is 11.8. The van der Waals surface area contributed by atoms with E-state index in [-0.39, 0.29) is 16.3 Å². The van der Waals surface area contributed by atoms with E-state index in [0.717, 1.165) is 0 Å². The number of carbonyl (C=O) groups excluding carboxylic acids is 1. The number of carboxylic acid groups (broad SMARTS) is 1. The monoisotopic (exact) mass is 367 g/mol. The van der Waals surface area contributed by atoms with E-state index in [4.69, 9.17) is 33.0 Å². The second kappa shape index (κ2) is 7.11. The van der Waals surface area contributed by atoms with E-state index in [1.807, 2.05) is 0 Å². The molecule has 2 aromatic rings. The second-order valence-corrected chi connectivity index (χ2v) is 6.36. The molecule has 2 aromatic carbocycles. The molecule has 2 N–H and O–H groups in total. The molecule has 0 bridgehead atoms. The normalized spacial score (nSPS) is 11.0. The van der Waals surface area contributed by atoms with Crippen LogP contribution in [0.4, 0.5) is 5.69 Å². The van der Waals surface area contributed by atoms with Gasteiger partial charge in [-0.1, -0.05) is 23.2 Å². The molecule has 0 heterocycles. The first-order valence-electron chi connectivity index (χ1n) is 6.98. The number of benzene rings is 2. The van der Waals surface area contributed by atoms with Gasteiger partial charge in [0.25, 0.3) is 5.91 Å². The van der Waals surface area contributed by atoms with Crippen LogP contribution < -0.4 is 10.1 Å². The standard InChI is InChI=1S/C17H15Cl2NO4/c1-17(2,24-12-6-4-11(18)5-7-12)16(23)20-14-9-10(15(21)22)3-8-13(14)19/h3-9H,1-2H3,(H,20,23)(H,21,22). The molecule has 5 nitrogen and oxygen atoms in total. The molecule has 0 aliphatic carbocycles. The van der Waals surface area contributed by atoms with Crippen LogP contribution in [0.3, 0.4) is 0 Å². The van der Waals surface area contributed by atoms with Gasteiger partial charge in [0.05, 0.1) is 16.3 Å². The number of rotatable bonds is 5. The molecule has 0 spiro atoms. The minimum atomic E-state index is -1.21. The maximum atomic E-state index is 12.5. The lowest BCUT2D eigenvalue weighted by atomic mass is 10.1. The van der Waals surface area contributed by atoms with Crippen LogP contribution in [0.5, 0.6) is 5.75 Å². The molecule has 0 aliphatic heterocycles. The SMILES string of the molecule is CC(C)(Oc1ccc(Cl)cc1)C(=O)Nc1cc(C(=O)O)ccc1Cl. The van der Waals surface area contributed by atoms with Gasteiger partial charge in [0, 0.05) is 5.02 Å². The number of hydrogen-bond acceptors (Lipinski definition) is 3. The summed E-state index contributed by atoms with van der Waals surface area (Å²) in [7, 11) is 0. The van der Waals surface area contributed by atoms with Crippen LogP contribution >= 0.6 is 23.2 Å². The average Bonchev–Trinajstić information content (AvgIpc) is 2.51. The van der Waals surface area contributed by atoms with Gasteiger partial charge in [-0.15, -0.1) is 0 Å². The lowest BCUT2D eigenvalue weighted by molar-refractivity contribution is -0.128. The Kier molecular flexibility index (Phi) is 5.36. The molecule has 0 radical (unpaired) electrons.